The fraction of sp³-hybridized carbons (Fsp3) is 0.429. The number of carbonyl (C=O) groups excluding carboxylic acids is 1. The third kappa shape index (κ3) is 4.37. The number of aliphatic carboxylic acids is 1. The van der Waals surface area contributed by atoms with E-state index in [-0.39, 0.29) is 0 Å². The molecule has 1 atom stereocenters. The maximum atomic E-state index is 11.1. The summed E-state index contributed by atoms with van der Waals surface area (Å²) in [6.45, 7) is 4.72. The fourth-order valence-electron chi connectivity index (χ4n) is 1.93. The first-order valence-electron chi connectivity index (χ1n) is 6.12. The minimum atomic E-state index is -0.798. The number of nitrogens with zero attached hydrogens (tertiary/aromatic N) is 1. The zero-order valence-electron chi connectivity index (χ0n) is 11.5. The number of amides is 1. The molecule has 0 aliphatic carbocycles. The standard InChI is InChI=1S/C14H20N2O3/c1-9-6-11(13(15)17)4-5-12(9)8-16(3)7-10(2)14(18)19/h4-6,10H,7-8H2,1-3H3,(H2,15,17)(H,18,19). The van der Waals surface area contributed by atoms with Crippen molar-refractivity contribution in [3.05, 3.63) is 34.9 Å². The van der Waals surface area contributed by atoms with Gasteiger partial charge in [-0.1, -0.05) is 13.0 Å². The first-order chi connectivity index (χ1) is 8.81. The Morgan fingerprint density at radius 1 is 1.42 bits per heavy atom. The van der Waals surface area contributed by atoms with E-state index in [0.717, 1.165) is 11.1 Å². The number of benzene rings is 1. The summed E-state index contributed by atoms with van der Waals surface area (Å²) in [6, 6.07) is 5.31. The van der Waals surface area contributed by atoms with E-state index in [0.29, 0.717) is 18.7 Å². The number of carboxylic acid groups (broad SMARTS) is 1. The zero-order valence-corrected chi connectivity index (χ0v) is 11.5. The van der Waals surface area contributed by atoms with Crippen LogP contribution in [0.3, 0.4) is 0 Å². The van der Waals surface area contributed by atoms with E-state index < -0.39 is 17.8 Å². The van der Waals surface area contributed by atoms with Crippen molar-refractivity contribution >= 4 is 11.9 Å². The summed E-state index contributed by atoms with van der Waals surface area (Å²) in [7, 11) is 1.88. The number of rotatable bonds is 6. The average Bonchev–Trinajstić information content (AvgIpc) is 2.31. The SMILES string of the molecule is Cc1cc(C(N)=O)ccc1CN(C)CC(C)C(=O)O. The summed E-state index contributed by atoms with van der Waals surface area (Å²) < 4.78 is 0. The van der Waals surface area contributed by atoms with Crippen molar-refractivity contribution in [3.8, 4) is 0 Å². The van der Waals surface area contributed by atoms with Gasteiger partial charge in [-0.2, -0.15) is 0 Å². The Bertz CT molecular complexity index is 486. The number of hydrogen-bond acceptors (Lipinski definition) is 3. The van der Waals surface area contributed by atoms with Gasteiger partial charge in [0.1, 0.15) is 0 Å². The number of aryl methyl sites for hydroxylation is 1. The van der Waals surface area contributed by atoms with Gasteiger partial charge in [0.2, 0.25) is 5.91 Å². The third-order valence-corrected chi connectivity index (χ3v) is 3.07. The van der Waals surface area contributed by atoms with Crippen molar-refractivity contribution in [3.63, 3.8) is 0 Å². The second kappa shape index (κ2) is 6.33. The second-order valence-electron chi connectivity index (χ2n) is 4.94. The fourth-order valence-corrected chi connectivity index (χ4v) is 1.93. The minimum Gasteiger partial charge on any atom is -0.481 e. The van der Waals surface area contributed by atoms with Crippen LogP contribution in [0.5, 0.6) is 0 Å². The Hall–Kier alpha value is -1.88. The van der Waals surface area contributed by atoms with Gasteiger partial charge in [-0.3, -0.25) is 9.59 Å². The van der Waals surface area contributed by atoms with Crippen molar-refractivity contribution in [2.75, 3.05) is 13.6 Å². The van der Waals surface area contributed by atoms with E-state index in [1.54, 1.807) is 19.1 Å². The molecule has 1 amide bonds. The highest BCUT2D eigenvalue weighted by Crippen LogP contribution is 2.13. The van der Waals surface area contributed by atoms with E-state index in [1.165, 1.54) is 0 Å². The van der Waals surface area contributed by atoms with E-state index in [2.05, 4.69) is 0 Å². The summed E-state index contributed by atoms with van der Waals surface area (Å²) in [4.78, 5) is 23.8. The van der Waals surface area contributed by atoms with Gasteiger partial charge >= 0.3 is 5.97 Å². The highest BCUT2D eigenvalue weighted by molar-refractivity contribution is 5.93. The first kappa shape index (κ1) is 15.2. The number of nitrogens with two attached hydrogens (primary N) is 1. The molecular weight excluding hydrogens is 244 g/mol. The molecule has 1 aromatic rings. The van der Waals surface area contributed by atoms with E-state index >= 15 is 0 Å². The zero-order chi connectivity index (χ0) is 14.6. The molecule has 0 aliphatic rings. The lowest BCUT2D eigenvalue weighted by molar-refractivity contribution is -0.141. The van der Waals surface area contributed by atoms with E-state index in [9.17, 15) is 9.59 Å². The Morgan fingerprint density at radius 3 is 2.53 bits per heavy atom. The molecule has 104 valence electrons. The molecule has 0 fully saturated rings. The lowest BCUT2D eigenvalue weighted by Crippen LogP contribution is -2.28. The van der Waals surface area contributed by atoms with Gasteiger partial charge in [-0.15, -0.1) is 0 Å². The second-order valence-corrected chi connectivity index (χ2v) is 4.94. The predicted octanol–water partition coefficient (Wildman–Crippen LogP) is 1.25. The molecule has 0 aromatic heterocycles. The molecule has 1 unspecified atom stereocenters. The van der Waals surface area contributed by atoms with Crippen molar-refractivity contribution in [2.24, 2.45) is 11.7 Å². The molecule has 1 aromatic carbocycles. The first-order valence-corrected chi connectivity index (χ1v) is 6.12. The predicted molar refractivity (Wildman–Crippen MR) is 72.8 cm³/mol. The largest absolute Gasteiger partial charge is 0.481 e. The maximum Gasteiger partial charge on any atom is 0.307 e. The average molecular weight is 264 g/mol. The Morgan fingerprint density at radius 2 is 2.05 bits per heavy atom. The molecule has 0 saturated carbocycles. The van der Waals surface area contributed by atoms with Crippen molar-refractivity contribution in [1.82, 2.24) is 4.90 Å². The highest BCUT2D eigenvalue weighted by Gasteiger charge is 2.14. The molecule has 0 spiro atoms. The molecule has 1 rings (SSSR count). The van der Waals surface area contributed by atoms with E-state index in [4.69, 9.17) is 10.8 Å². The monoisotopic (exact) mass is 264 g/mol. The molecule has 5 nitrogen and oxygen atoms in total. The van der Waals surface area contributed by atoms with Crippen LogP contribution in [0.4, 0.5) is 0 Å². The minimum absolute atomic E-state index is 0.407. The normalized spacial score (nSPS) is 12.4. The summed E-state index contributed by atoms with van der Waals surface area (Å²) in [5.74, 6) is -1.65. The van der Waals surface area contributed by atoms with Crippen molar-refractivity contribution < 1.29 is 14.7 Å². The van der Waals surface area contributed by atoms with Gasteiger partial charge < -0.3 is 15.7 Å². The topological polar surface area (TPSA) is 83.6 Å². The summed E-state index contributed by atoms with van der Waals surface area (Å²) in [5, 5.41) is 8.87. The lowest BCUT2D eigenvalue weighted by atomic mass is 10.0. The lowest BCUT2D eigenvalue weighted by Gasteiger charge is -2.20. The van der Waals surface area contributed by atoms with E-state index in [1.807, 2.05) is 24.9 Å². The Kier molecular flexibility index (Phi) is 5.06. The van der Waals surface area contributed by atoms with Crippen LogP contribution in [-0.4, -0.2) is 35.5 Å². The van der Waals surface area contributed by atoms with Gasteiger partial charge in [0.25, 0.3) is 0 Å². The molecule has 0 radical (unpaired) electrons. The quantitative estimate of drug-likeness (QED) is 0.810. The van der Waals surface area contributed by atoms with Gasteiger partial charge in [0.05, 0.1) is 5.92 Å². The molecular formula is C14H20N2O3. The maximum absolute atomic E-state index is 11.1. The van der Waals surface area contributed by atoms with Crippen LogP contribution in [0.2, 0.25) is 0 Å². The molecule has 0 saturated heterocycles. The van der Waals surface area contributed by atoms with Crippen LogP contribution in [0.15, 0.2) is 18.2 Å². The van der Waals surface area contributed by atoms with Gasteiger partial charge in [-0.25, -0.2) is 0 Å². The number of carbonyl (C=O) groups is 2. The molecule has 0 bridgehead atoms. The third-order valence-electron chi connectivity index (χ3n) is 3.07. The van der Waals surface area contributed by atoms with Crippen molar-refractivity contribution in [2.45, 2.75) is 20.4 Å². The van der Waals surface area contributed by atoms with Crippen LogP contribution in [0.1, 0.15) is 28.4 Å². The number of primary amides is 1. The van der Waals surface area contributed by atoms with Gasteiger partial charge in [0.15, 0.2) is 0 Å². The summed E-state index contributed by atoms with van der Waals surface area (Å²) in [5.41, 5.74) is 7.75. The molecule has 0 aliphatic heterocycles. The highest BCUT2D eigenvalue weighted by atomic mass is 16.4. The Balaban J connectivity index is 2.72. The number of hydrogen-bond donors (Lipinski definition) is 2. The van der Waals surface area contributed by atoms with Crippen LogP contribution < -0.4 is 5.73 Å². The molecule has 0 heterocycles. The number of carboxylic acids is 1. The molecule has 19 heavy (non-hydrogen) atoms. The molecule has 5 heteroatoms. The van der Waals surface area contributed by atoms with Crippen LogP contribution in [0.25, 0.3) is 0 Å². The van der Waals surface area contributed by atoms with Crippen LogP contribution >= 0.6 is 0 Å². The van der Waals surface area contributed by atoms with Crippen LogP contribution in [0, 0.1) is 12.8 Å². The van der Waals surface area contributed by atoms with Gasteiger partial charge in [0, 0.05) is 18.7 Å². The summed E-state index contributed by atoms with van der Waals surface area (Å²) in [6.07, 6.45) is 0. The smallest absolute Gasteiger partial charge is 0.307 e. The Labute approximate surface area is 113 Å². The summed E-state index contributed by atoms with van der Waals surface area (Å²) >= 11 is 0. The van der Waals surface area contributed by atoms with Gasteiger partial charge in [-0.05, 0) is 37.2 Å². The van der Waals surface area contributed by atoms with Crippen molar-refractivity contribution in [1.29, 1.82) is 0 Å². The van der Waals surface area contributed by atoms with Crippen LogP contribution in [-0.2, 0) is 11.3 Å². The molecule has 3 N–H and O–H groups in total.